The van der Waals surface area contributed by atoms with Gasteiger partial charge in [-0.1, -0.05) is 13.8 Å². The summed E-state index contributed by atoms with van der Waals surface area (Å²) in [5, 5.41) is 9.04. The standard InChI is InChI=1S/C14H18BrNO4S/c1-9-5-10(2)8-16(7-9)21(19,20)13-6-11(14(17)18)3-4-12(13)15/h3-4,6,9-10H,5,7-8H2,1-2H3,(H,17,18). The summed E-state index contributed by atoms with van der Waals surface area (Å²) in [7, 11) is -3.69. The maximum Gasteiger partial charge on any atom is 0.335 e. The Balaban J connectivity index is 2.44. The van der Waals surface area contributed by atoms with Crippen LogP contribution in [0, 0.1) is 11.8 Å². The van der Waals surface area contributed by atoms with Crippen molar-refractivity contribution in [3.63, 3.8) is 0 Å². The molecule has 0 amide bonds. The molecule has 1 aromatic rings. The van der Waals surface area contributed by atoms with Crippen molar-refractivity contribution in [2.45, 2.75) is 25.2 Å². The Labute approximate surface area is 133 Å². The van der Waals surface area contributed by atoms with E-state index in [2.05, 4.69) is 15.9 Å². The molecule has 7 heteroatoms. The minimum Gasteiger partial charge on any atom is -0.478 e. The van der Waals surface area contributed by atoms with Crippen molar-refractivity contribution in [2.75, 3.05) is 13.1 Å². The molecule has 1 saturated heterocycles. The van der Waals surface area contributed by atoms with Crippen molar-refractivity contribution in [3.05, 3.63) is 28.2 Å². The van der Waals surface area contributed by atoms with E-state index in [-0.39, 0.29) is 10.5 Å². The molecular formula is C14H18BrNO4S. The van der Waals surface area contributed by atoms with Crippen LogP contribution in [-0.4, -0.2) is 36.9 Å². The van der Waals surface area contributed by atoms with Gasteiger partial charge in [-0.3, -0.25) is 0 Å². The van der Waals surface area contributed by atoms with E-state index in [9.17, 15) is 13.2 Å². The Morgan fingerprint density at radius 3 is 2.38 bits per heavy atom. The van der Waals surface area contributed by atoms with Crippen LogP contribution >= 0.6 is 15.9 Å². The van der Waals surface area contributed by atoms with E-state index >= 15 is 0 Å². The first kappa shape index (κ1) is 16.5. The second-order valence-corrected chi connectivity index (χ2v) is 8.48. The van der Waals surface area contributed by atoms with Gasteiger partial charge >= 0.3 is 5.97 Å². The molecule has 0 aliphatic carbocycles. The van der Waals surface area contributed by atoms with Crippen LogP contribution in [0.3, 0.4) is 0 Å². The molecule has 0 saturated carbocycles. The van der Waals surface area contributed by atoms with Crippen molar-refractivity contribution in [1.29, 1.82) is 0 Å². The van der Waals surface area contributed by atoms with E-state index in [0.717, 1.165) is 6.42 Å². The summed E-state index contributed by atoms with van der Waals surface area (Å²) in [6.45, 7) is 4.99. The molecule has 0 aromatic heterocycles. The third-order valence-electron chi connectivity index (χ3n) is 3.63. The lowest BCUT2D eigenvalue weighted by Crippen LogP contribution is -2.42. The van der Waals surface area contributed by atoms with E-state index in [1.807, 2.05) is 13.8 Å². The largest absolute Gasteiger partial charge is 0.478 e. The smallest absolute Gasteiger partial charge is 0.335 e. The molecule has 116 valence electrons. The summed E-state index contributed by atoms with van der Waals surface area (Å²) in [4.78, 5) is 11.1. The highest BCUT2D eigenvalue weighted by molar-refractivity contribution is 9.10. The van der Waals surface area contributed by atoms with Gasteiger partial charge in [0.1, 0.15) is 0 Å². The van der Waals surface area contributed by atoms with Gasteiger partial charge in [-0.2, -0.15) is 4.31 Å². The van der Waals surface area contributed by atoms with Crippen LogP contribution in [0.15, 0.2) is 27.6 Å². The van der Waals surface area contributed by atoms with Gasteiger partial charge in [-0.05, 0) is 52.4 Å². The minimum absolute atomic E-state index is 0.0173. The first-order chi connectivity index (χ1) is 9.71. The summed E-state index contributed by atoms with van der Waals surface area (Å²) in [5.41, 5.74) is -0.0325. The first-order valence-corrected chi connectivity index (χ1v) is 8.98. The molecule has 1 aliphatic rings. The number of carbonyl (C=O) groups is 1. The van der Waals surface area contributed by atoms with Gasteiger partial charge < -0.3 is 5.11 Å². The van der Waals surface area contributed by atoms with Crippen molar-refractivity contribution >= 4 is 31.9 Å². The van der Waals surface area contributed by atoms with Gasteiger partial charge in [-0.25, -0.2) is 13.2 Å². The fraction of sp³-hybridized carbons (Fsp3) is 0.500. The maximum atomic E-state index is 12.8. The van der Waals surface area contributed by atoms with E-state index < -0.39 is 16.0 Å². The number of aromatic carboxylic acids is 1. The number of hydrogen-bond acceptors (Lipinski definition) is 3. The zero-order valence-corrected chi connectivity index (χ0v) is 14.3. The number of hydrogen-bond donors (Lipinski definition) is 1. The predicted molar refractivity (Wildman–Crippen MR) is 82.8 cm³/mol. The monoisotopic (exact) mass is 375 g/mol. The summed E-state index contributed by atoms with van der Waals surface area (Å²) < 4.78 is 27.4. The third kappa shape index (κ3) is 3.46. The first-order valence-electron chi connectivity index (χ1n) is 6.74. The molecule has 1 aliphatic heterocycles. The maximum absolute atomic E-state index is 12.8. The van der Waals surface area contributed by atoms with Crippen LogP contribution in [0.5, 0.6) is 0 Å². The van der Waals surface area contributed by atoms with Gasteiger partial charge in [0.15, 0.2) is 0 Å². The molecule has 0 spiro atoms. The van der Waals surface area contributed by atoms with Gasteiger partial charge in [0.25, 0.3) is 0 Å². The highest BCUT2D eigenvalue weighted by Gasteiger charge is 2.33. The molecule has 2 atom stereocenters. The Kier molecular flexibility index (Phi) is 4.75. The number of sulfonamides is 1. The highest BCUT2D eigenvalue weighted by atomic mass is 79.9. The molecule has 0 bridgehead atoms. The molecule has 1 heterocycles. The van der Waals surface area contributed by atoms with Crippen molar-refractivity contribution < 1.29 is 18.3 Å². The minimum atomic E-state index is -3.69. The van der Waals surface area contributed by atoms with Crippen molar-refractivity contribution in [1.82, 2.24) is 4.31 Å². The van der Waals surface area contributed by atoms with E-state index in [0.29, 0.717) is 29.4 Å². The number of carboxylic acid groups (broad SMARTS) is 1. The van der Waals surface area contributed by atoms with Gasteiger partial charge in [0.2, 0.25) is 10.0 Å². The Morgan fingerprint density at radius 2 is 1.86 bits per heavy atom. The zero-order chi connectivity index (χ0) is 15.8. The number of benzene rings is 1. The second kappa shape index (κ2) is 6.06. The number of carboxylic acids is 1. The molecule has 0 radical (unpaired) electrons. The van der Waals surface area contributed by atoms with E-state index in [4.69, 9.17) is 5.11 Å². The lowest BCUT2D eigenvalue weighted by molar-refractivity contribution is 0.0696. The molecule has 1 N–H and O–H groups in total. The lowest BCUT2D eigenvalue weighted by atomic mass is 9.94. The average Bonchev–Trinajstić information content (AvgIpc) is 2.37. The van der Waals surface area contributed by atoms with Crippen LogP contribution in [0.1, 0.15) is 30.6 Å². The Hall–Kier alpha value is -0.920. The van der Waals surface area contributed by atoms with Crippen LogP contribution < -0.4 is 0 Å². The summed E-state index contributed by atoms with van der Waals surface area (Å²) in [6, 6.07) is 4.06. The molecule has 1 aromatic carbocycles. The predicted octanol–water partition coefficient (Wildman–Crippen LogP) is 2.81. The lowest BCUT2D eigenvalue weighted by Gasteiger charge is -2.34. The third-order valence-corrected chi connectivity index (χ3v) is 6.46. The van der Waals surface area contributed by atoms with Crippen molar-refractivity contribution in [2.24, 2.45) is 11.8 Å². The topological polar surface area (TPSA) is 74.7 Å². The number of halogens is 1. The van der Waals surface area contributed by atoms with Crippen LogP contribution in [0.4, 0.5) is 0 Å². The van der Waals surface area contributed by atoms with Crippen LogP contribution in [0.2, 0.25) is 0 Å². The normalized spacial score (nSPS) is 24.0. The molecular weight excluding hydrogens is 358 g/mol. The summed E-state index contributed by atoms with van der Waals surface area (Å²) in [5.74, 6) is -0.547. The molecule has 21 heavy (non-hydrogen) atoms. The van der Waals surface area contributed by atoms with Gasteiger partial charge in [-0.15, -0.1) is 0 Å². The zero-order valence-electron chi connectivity index (χ0n) is 11.9. The number of piperidine rings is 1. The molecule has 2 unspecified atom stereocenters. The number of rotatable bonds is 3. The SMILES string of the molecule is CC1CC(C)CN(S(=O)(=O)c2cc(C(=O)O)ccc2Br)C1. The Bertz CT molecular complexity index is 649. The van der Waals surface area contributed by atoms with Crippen LogP contribution in [-0.2, 0) is 10.0 Å². The fourth-order valence-electron chi connectivity index (χ4n) is 2.78. The van der Waals surface area contributed by atoms with Crippen LogP contribution in [0.25, 0.3) is 0 Å². The summed E-state index contributed by atoms with van der Waals surface area (Å²) in [6.07, 6.45) is 1.00. The molecule has 5 nitrogen and oxygen atoms in total. The highest BCUT2D eigenvalue weighted by Crippen LogP contribution is 2.30. The molecule has 1 fully saturated rings. The molecule has 2 rings (SSSR count). The second-order valence-electron chi connectivity index (χ2n) is 5.72. The number of nitrogens with zero attached hydrogens (tertiary/aromatic N) is 1. The van der Waals surface area contributed by atoms with Gasteiger partial charge in [0.05, 0.1) is 10.5 Å². The average molecular weight is 376 g/mol. The fourth-order valence-corrected chi connectivity index (χ4v) is 5.41. The van der Waals surface area contributed by atoms with E-state index in [1.165, 1.54) is 22.5 Å². The quantitative estimate of drug-likeness (QED) is 0.880. The van der Waals surface area contributed by atoms with Gasteiger partial charge in [0, 0.05) is 17.6 Å². The van der Waals surface area contributed by atoms with E-state index in [1.54, 1.807) is 0 Å². The van der Waals surface area contributed by atoms with Crippen molar-refractivity contribution in [3.8, 4) is 0 Å². The summed E-state index contributed by atoms with van der Waals surface area (Å²) >= 11 is 3.21. The Morgan fingerprint density at radius 1 is 1.29 bits per heavy atom.